The SMILES string of the molecule is FC(F)C(F)(F)Cn1c(CCl)nc2c(Cl)cccc21. The van der Waals surface area contributed by atoms with E-state index in [1.54, 1.807) is 0 Å². The Kier molecular flexibility index (Phi) is 3.92. The molecule has 0 aliphatic heterocycles. The number of nitrogens with zero attached hydrogens (tertiary/aromatic N) is 2. The molecule has 2 nitrogen and oxygen atoms in total. The minimum atomic E-state index is -4.16. The Morgan fingerprint density at radius 3 is 2.58 bits per heavy atom. The van der Waals surface area contributed by atoms with Crippen LogP contribution in [0.4, 0.5) is 17.6 Å². The van der Waals surface area contributed by atoms with Gasteiger partial charge in [-0.3, -0.25) is 0 Å². The molecule has 0 saturated heterocycles. The molecular weight excluding hydrogens is 307 g/mol. The molecule has 0 fully saturated rings. The fourth-order valence-corrected chi connectivity index (χ4v) is 2.14. The van der Waals surface area contributed by atoms with E-state index >= 15 is 0 Å². The first kappa shape index (κ1) is 14.4. The molecule has 1 heterocycles. The van der Waals surface area contributed by atoms with Crippen molar-refractivity contribution in [3.63, 3.8) is 0 Å². The van der Waals surface area contributed by atoms with Crippen molar-refractivity contribution in [1.29, 1.82) is 0 Å². The Morgan fingerprint density at radius 1 is 1.32 bits per heavy atom. The number of hydrogen-bond donors (Lipinski definition) is 0. The van der Waals surface area contributed by atoms with Crippen LogP contribution in [-0.4, -0.2) is 21.9 Å². The van der Waals surface area contributed by atoms with Crippen LogP contribution in [0, 0.1) is 0 Å². The topological polar surface area (TPSA) is 17.8 Å². The van der Waals surface area contributed by atoms with E-state index in [9.17, 15) is 17.6 Å². The Bertz CT molecular complexity index is 598. The van der Waals surface area contributed by atoms with E-state index in [0.29, 0.717) is 0 Å². The van der Waals surface area contributed by atoms with Gasteiger partial charge in [-0.05, 0) is 12.1 Å². The number of halogens is 6. The molecule has 0 spiro atoms. The van der Waals surface area contributed by atoms with Gasteiger partial charge in [0, 0.05) is 0 Å². The Morgan fingerprint density at radius 2 is 2.00 bits per heavy atom. The maximum absolute atomic E-state index is 13.2. The van der Waals surface area contributed by atoms with Gasteiger partial charge in [-0.2, -0.15) is 8.78 Å². The van der Waals surface area contributed by atoms with Gasteiger partial charge in [-0.25, -0.2) is 13.8 Å². The van der Waals surface area contributed by atoms with E-state index in [1.807, 2.05) is 0 Å². The van der Waals surface area contributed by atoms with Gasteiger partial charge in [0.25, 0.3) is 0 Å². The lowest BCUT2D eigenvalue weighted by Gasteiger charge is -2.17. The van der Waals surface area contributed by atoms with Crippen molar-refractivity contribution < 1.29 is 17.6 Å². The highest BCUT2D eigenvalue weighted by Crippen LogP contribution is 2.30. The number of aromatic nitrogens is 2. The third kappa shape index (κ3) is 2.65. The molecule has 0 atom stereocenters. The van der Waals surface area contributed by atoms with E-state index in [2.05, 4.69) is 4.98 Å². The second-order valence-electron chi connectivity index (χ2n) is 3.92. The molecule has 0 N–H and O–H groups in total. The summed E-state index contributed by atoms with van der Waals surface area (Å²) in [6, 6.07) is 4.54. The number of imidazole rings is 1. The summed E-state index contributed by atoms with van der Waals surface area (Å²) in [6.07, 6.45) is -3.76. The van der Waals surface area contributed by atoms with Gasteiger partial charge in [0.1, 0.15) is 11.3 Å². The summed E-state index contributed by atoms with van der Waals surface area (Å²) >= 11 is 11.5. The van der Waals surface area contributed by atoms with Gasteiger partial charge >= 0.3 is 12.3 Å². The van der Waals surface area contributed by atoms with Crippen LogP contribution >= 0.6 is 23.2 Å². The van der Waals surface area contributed by atoms with E-state index < -0.39 is 18.9 Å². The molecule has 0 radical (unpaired) electrons. The van der Waals surface area contributed by atoms with Crippen molar-refractivity contribution in [1.82, 2.24) is 9.55 Å². The molecule has 104 valence electrons. The van der Waals surface area contributed by atoms with E-state index in [1.165, 1.54) is 18.2 Å². The molecule has 19 heavy (non-hydrogen) atoms. The molecule has 2 rings (SSSR count). The lowest BCUT2D eigenvalue weighted by atomic mass is 10.3. The van der Waals surface area contributed by atoms with Crippen LogP contribution in [0.15, 0.2) is 18.2 Å². The monoisotopic (exact) mass is 314 g/mol. The van der Waals surface area contributed by atoms with Gasteiger partial charge < -0.3 is 4.57 Å². The molecule has 0 unspecified atom stereocenters. The van der Waals surface area contributed by atoms with Crippen molar-refractivity contribution in [3.8, 4) is 0 Å². The summed E-state index contributed by atoms with van der Waals surface area (Å²) in [5.41, 5.74) is 0.522. The summed E-state index contributed by atoms with van der Waals surface area (Å²) < 4.78 is 51.9. The van der Waals surface area contributed by atoms with Gasteiger partial charge in [0.15, 0.2) is 0 Å². The average molecular weight is 315 g/mol. The highest BCUT2D eigenvalue weighted by Gasteiger charge is 2.41. The molecule has 0 saturated carbocycles. The number of rotatable bonds is 4. The average Bonchev–Trinajstić information content (AvgIpc) is 2.68. The first-order valence-corrected chi connectivity index (χ1v) is 6.13. The van der Waals surface area contributed by atoms with Crippen LogP contribution in [0.5, 0.6) is 0 Å². The van der Waals surface area contributed by atoms with Crippen LogP contribution in [0.25, 0.3) is 11.0 Å². The third-order valence-corrected chi connectivity index (χ3v) is 3.16. The summed E-state index contributed by atoms with van der Waals surface area (Å²) in [5.74, 6) is -4.26. The van der Waals surface area contributed by atoms with Crippen LogP contribution in [0.1, 0.15) is 5.82 Å². The first-order chi connectivity index (χ1) is 8.86. The van der Waals surface area contributed by atoms with Crippen molar-refractivity contribution >= 4 is 34.2 Å². The third-order valence-electron chi connectivity index (χ3n) is 2.62. The van der Waals surface area contributed by atoms with Crippen LogP contribution in [0.2, 0.25) is 5.02 Å². The minimum absolute atomic E-state index is 0.0742. The predicted molar refractivity (Wildman–Crippen MR) is 65.3 cm³/mol. The second-order valence-corrected chi connectivity index (χ2v) is 4.59. The highest BCUT2D eigenvalue weighted by molar-refractivity contribution is 6.35. The van der Waals surface area contributed by atoms with Gasteiger partial charge in [0.05, 0.1) is 23.0 Å². The quantitative estimate of drug-likeness (QED) is 0.606. The van der Waals surface area contributed by atoms with Crippen molar-refractivity contribution in [2.24, 2.45) is 0 Å². The molecule has 0 amide bonds. The molecular formula is C11H8Cl2F4N2. The van der Waals surface area contributed by atoms with Crippen LogP contribution < -0.4 is 0 Å². The molecule has 1 aromatic heterocycles. The fraction of sp³-hybridized carbons (Fsp3) is 0.364. The molecule has 1 aromatic carbocycles. The van der Waals surface area contributed by atoms with Gasteiger partial charge in [0.2, 0.25) is 0 Å². The second kappa shape index (κ2) is 5.17. The van der Waals surface area contributed by atoms with E-state index in [0.717, 1.165) is 4.57 Å². The predicted octanol–water partition coefficient (Wildman–Crippen LogP) is 4.33. The number of benzene rings is 1. The highest BCUT2D eigenvalue weighted by atomic mass is 35.5. The molecule has 0 bridgehead atoms. The van der Waals surface area contributed by atoms with Gasteiger partial charge in [-0.1, -0.05) is 17.7 Å². The van der Waals surface area contributed by atoms with Crippen molar-refractivity contribution in [3.05, 3.63) is 29.0 Å². The van der Waals surface area contributed by atoms with E-state index in [4.69, 9.17) is 23.2 Å². The molecule has 2 aromatic rings. The van der Waals surface area contributed by atoms with Crippen molar-refractivity contribution in [2.75, 3.05) is 0 Å². The smallest absolute Gasteiger partial charge is 0.321 e. The maximum atomic E-state index is 13.2. The van der Waals surface area contributed by atoms with Crippen LogP contribution in [0.3, 0.4) is 0 Å². The van der Waals surface area contributed by atoms with Crippen LogP contribution in [-0.2, 0) is 12.4 Å². The number of hydrogen-bond acceptors (Lipinski definition) is 1. The summed E-state index contributed by atoms with van der Waals surface area (Å²) in [7, 11) is 0. The Labute approximate surface area is 115 Å². The normalized spacial score (nSPS) is 12.6. The summed E-state index contributed by atoms with van der Waals surface area (Å²) in [6.45, 7) is -1.19. The Hall–Kier alpha value is -1.01. The zero-order valence-electron chi connectivity index (χ0n) is 9.39. The minimum Gasteiger partial charge on any atom is -0.321 e. The standard InChI is InChI=1S/C11H8Cl2F4N2/c12-4-8-18-9-6(13)2-1-3-7(9)19(8)5-11(16,17)10(14)15/h1-3,10H,4-5H2. The summed E-state index contributed by atoms with van der Waals surface area (Å²) in [4.78, 5) is 4.00. The Balaban J connectivity index is 2.56. The largest absolute Gasteiger partial charge is 0.324 e. The zero-order chi connectivity index (χ0) is 14.2. The number of alkyl halides is 5. The number of para-hydroxylation sites is 1. The fourth-order valence-electron chi connectivity index (χ4n) is 1.72. The number of fused-ring (bicyclic) bond motifs is 1. The molecule has 8 heteroatoms. The molecule has 0 aliphatic rings. The van der Waals surface area contributed by atoms with Gasteiger partial charge in [-0.15, -0.1) is 11.6 Å². The lowest BCUT2D eigenvalue weighted by Crippen LogP contribution is -2.32. The maximum Gasteiger partial charge on any atom is 0.324 e. The van der Waals surface area contributed by atoms with Crippen molar-refractivity contribution in [2.45, 2.75) is 24.8 Å². The van der Waals surface area contributed by atoms with E-state index in [-0.39, 0.29) is 27.8 Å². The summed E-state index contributed by atoms with van der Waals surface area (Å²) in [5, 5.41) is 0.253. The molecule has 0 aliphatic carbocycles. The first-order valence-electron chi connectivity index (χ1n) is 5.22. The zero-order valence-corrected chi connectivity index (χ0v) is 10.9. The lowest BCUT2D eigenvalue weighted by molar-refractivity contribution is -0.137.